The van der Waals surface area contributed by atoms with Gasteiger partial charge in [-0.15, -0.1) is 0 Å². The summed E-state index contributed by atoms with van der Waals surface area (Å²) in [5, 5.41) is 31.1. The van der Waals surface area contributed by atoms with Crippen molar-refractivity contribution in [1.82, 2.24) is 4.90 Å². The fourth-order valence-corrected chi connectivity index (χ4v) is 8.06. The molecule has 8 nitrogen and oxygen atoms in total. The summed E-state index contributed by atoms with van der Waals surface area (Å²) in [4.78, 5) is 26.0. The second kappa shape index (κ2) is 8.87. The van der Waals surface area contributed by atoms with E-state index in [0.717, 1.165) is 30.4 Å². The van der Waals surface area contributed by atoms with Crippen molar-refractivity contribution in [3.63, 3.8) is 0 Å². The molecule has 4 aliphatic rings. The summed E-state index contributed by atoms with van der Waals surface area (Å²) in [6.07, 6.45) is 5.42. The van der Waals surface area contributed by atoms with Crippen molar-refractivity contribution < 1.29 is 29.6 Å². The molecule has 0 saturated heterocycles. The number of aliphatic carboxylic acids is 1. The summed E-state index contributed by atoms with van der Waals surface area (Å²) in [5.41, 5.74) is 6.79. The van der Waals surface area contributed by atoms with Crippen LogP contribution < -0.4 is 10.5 Å². The molecule has 8 heteroatoms. The molecule has 1 aromatic rings. The highest BCUT2D eigenvalue weighted by molar-refractivity contribution is 6.00. The van der Waals surface area contributed by atoms with Gasteiger partial charge in [0.25, 0.3) is 5.91 Å². The molecule has 1 amide bonds. The third-order valence-corrected chi connectivity index (χ3v) is 10.7. The number of carboxylic acid groups (broad SMARTS) is 1. The lowest BCUT2D eigenvalue weighted by atomic mass is 9.43. The number of hydrogen-bond donors (Lipinski definition) is 4. The van der Waals surface area contributed by atoms with Gasteiger partial charge in [0.05, 0.1) is 18.2 Å². The number of carboxylic acids is 1. The molecule has 5 rings (SSSR count). The van der Waals surface area contributed by atoms with Gasteiger partial charge in [0.2, 0.25) is 0 Å². The van der Waals surface area contributed by atoms with E-state index in [1.165, 1.54) is 0 Å². The molecular formula is C29H42N2O6. The van der Waals surface area contributed by atoms with Gasteiger partial charge in [0, 0.05) is 29.0 Å². The van der Waals surface area contributed by atoms with Crippen LogP contribution in [0.15, 0.2) is 6.07 Å². The van der Waals surface area contributed by atoms with Gasteiger partial charge in [-0.05, 0) is 68.8 Å². The van der Waals surface area contributed by atoms with E-state index >= 15 is 0 Å². The quantitative estimate of drug-likeness (QED) is 0.424. The normalized spacial score (nSPS) is 34.6. The van der Waals surface area contributed by atoms with Crippen LogP contribution >= 0.6 is 0 Å². The minimum Gasteiger partial charge on any atom is -0.508 e. The number of ether oxygens (including phenoxy) is 1. The number of carbonyl (C=O) groups is 2. The monoisotopic (exact) mass is 514 g/mol. The molecule has 37 heavy (non-hydrogen) atoms. The molecule has 6 atom stereocenters. The first-order valence-corrected chi connectivity index (χ1v) is 13.9. The van der Waals surface area contributed by atoms with E-state index in [2.05, 4.69) is 27.7 Å². The van der Waals surface area contributed by atoms with Crippen LogP contribution in [0.5, 0.6) is 11.5 Å². The molecule has 2 fully saturated rings. The SMILES string of the molecule is C[C@H]1CC[C@H]2C(C)(C)[C@@H](O)CC[C@]23Oc2c(c(O)cc4c2CN(CCCCC(N)C(=O)O)C4=O)C[C@]13C. The first-order chi connectivity index (χ1) is 17.3. The number of unbranched alkanes of at least 4 members (excludes halogenated alkanes) is 1. The van der Waals surface area contributed by atoms with Gasteiger partial charge in [-0.3, -0.25) is 9.59 Å². The second-order valence-electron chi connectivity index (χ2n) is 12.9. The van der Waals surface area contributed by atoms with Gasteiger partial charge in [-0.2, -0.15) is 0 Å². The molecule has 1 aromatic carbocycles. The predicted molar refractivity (Wildman–Crippen MR) is 138 cm³/mol. The number of nitrogens with zero attached hydrogens (tertiary/aromatic N) is 1. The summed E-state index contributed by atoms with van der Waals surface area (Å²) in [5.74, 6) is 0.218. The number of rotatable bonds is 6. The first kappa shape index (κ1) is 26.3. The number of aliphatic hydroxyl groups is 1. The number of aromatic hydroxyl groups is 1. The zero-order chi connectivity index (χ0) is 26.9. The Hall–Kier alpha value is -2.32. The Morgan fingerprint density at radius 3 is 2.65 bits per heavy atom. The van der Waals surface area contributed by atoms with E-state index in [4.69, 9.17) is 15.6 Å². The first-order valence-electron chi connectivity index (χ1n) is 13.9. The molecule has 0 bridgehead atoms. The number of benzene rings is 1. The number of amides is 1. The third kappa shape index (κ3) is 3.77. The number of carbonyl (C=O) groups excluding carboxylic acids is 1. The highest BCUT2D eigenvalue weighted by Crippen LogP contribution is 2.67. The summed E-state index contributed by atoms with van der Waals surface area (Å²) >= 11 is 0. The Bertz CT molecular complexity index is 1120. The average Bonchev–Trinajstić information content (AvgIpc) is 3.14. The molecular weight excluding hydrogens is 472 g/mol. The molecule has 1 spiro atoms. The third-order valence-electron chi connectivity index (χ3n) is 10.7. The van der Waals surface area contributed by atoms with Crippen LogP contribution in [-0.2, 0) is 17.8 Å². The number of nitrogens with two attached hydrogens (primary N) is 1. The zero-order valence-electron chi connectivity index (χ0n) is 22.5. The van der Waals surface area contributed by atoms with Crippen LogP contribution in [0, 0.1) is 22.7 Å². The molecule has 5 N–H and O–H groups in total. The van der Waals surface area contributed by atoms with Gasteiger partial charge in [-0.1, -0.05) is 27.7 Å². The number of hydrogen-bond acceptors (Lipinski definition) is 6. The lowest BCUT2D eigenvalue weighted by Gasteiger charge is -2.67. The molecule has 2 saturated carbocycles. The Morgan fingerprint density at radius 1 is 1.22 bits per heavy atom. The fourth-order valence-electron chi connectivity index (χ4n) is 8.06. The molecule has 204 valence electrons. The van der Waals surface area contributed by atoms with E-state index in [9.17, 15) is 19.8 Å². The molecule has 2 heterocycles. The van der Waals surface area contributed by atoms with Gasteiger partial charge >= 0.3 is 5.97 Å². The van der Waals surface area contributed by atoms with Crippen molar-refractivity contribution in [2.24, 2.45) is 28.4 Å². The zero-order valence-corrected chi connectivity index (χ0v) is 22.5. The Balaban J connectivity index is 1.47. The van der Waals surface area contributed by atoms with E-state index in [-0.39, 0.29) is 34.5 Å². The maximum Gasteiger partial charge on any atom is 0.320 e. The molecule has 0 radical (unpaired) electrons. The fraction of sp³-hybridized carbons (Fsp3) is 0.724. The molecule has 2 aliphatic carbocycles. The minimum atomic E-state index is -1.01. The summed E-state index contributed by atoms with van der Waals surface area (Å²) in [6.45, 7) is 9.82. The minimum absolute atomic E-state index is 0.122. The van der Waals surface area contributed by atoms with Crippen LogP contribution in [0.25, 0.3) is 0 Å². The van der Waals surface area contributed by atoms with Crippen LogP contribution in [-0.4, -0.2) is 56.4 Å². The lowest BCUT2D eigenvalue weighted by Crippen LogP contribution is -2.70. The summed E-state index contributed by atoms with van der Waals surface area (Å²) in [6, 6.07) is 0.725. The number of fused-ring (bicyclic) bond motifs is 3. The Kier molecular flexibility index (Phi) is 6.30. The van der Waals surface area contributed by atoms with Gasteiger partial charge in [0.15, 0.2) is 0 Å². The van der Waals surface area contributed by atoms with Crippen molar-refractivity contribution in [2.45, 2.75) is 103 Å². The average molecular weight is 515 g/mol. The predicted octanol–water partition coefficient (Wildman–Crippen LogP) is 3.84. The maximum absolute atomic E-state index is 13.3. The van der Waals surface area contributed by atoms with Crippen molar-refractivity contribution in [1.29, 1.82) is 0 Å². The summed E-state index contributed by atoms with van der Waals surface area (Å²) < 4.78 is 7.16. The van der Waals surface area contributed by atoms with Crippen LogP contribution in [0.4, 0.5) is 0 Å². The van der Waals surface area contributed by atoms with E-state index in [1.807, 2.05) is 0 Å². The molecule has 2 aliphatic heterocycles. The largest absolute Gasteiger partial charge is 0.508 e. The van der Waals surface area contributed by atoms with Gasteiger partial charge in [0.1, 0.15) is 23.1 Å². The smallest absolute Gasteiger partial charge is 0.320 e. The number of aliphatic hydroxyl groups excluding tert-OH is 1. The molecule has 0 aromatic heterocycles. The summed E-state index contributed by atoms with van der Waals surface area (Å²) in [7, 11) is 0. The highest BCUT2D eigenvalue weighted by atomic mass is 16.5. The van der Waals surface area contributed by atoms with E-state index in [1.54, 1.807) is 11.0 Å². The van der Waals surface area contributed by atoms with Crippen LogP contribution in [0.2, 0.25) is 0 Å². The Labute approximate surface area is 219 Å². The van der Waals surface area contributed by atoms with E-state index in [0.29, 0.717) is 62.4 Å². The van der Waals surface area contributed by atoms with Crippen LogP contribution in [0.1, 0.15) is 94.1 Å². The maximum atomic E-state index is 13.3. The number of phenols is 1. The Morgan fingerprint density at radius 2 is 1.95 bits per heavy atom. The van der Waals surface area contributed by atoms with Gasteiger partial charge < -0.3 is 30.7 Å². The molecule has 1 unspecified atom stereocenters. The topological polar surface area (TPSA) is 133 Å². The number of phenolic OH excluding ortho intramolecular Hbond substituents is 1. The van der Waals surface area contributed by atoms with E-state index < -0.39 is 17.6 Å². The van der Waals surface area contributed by atoms with Crippen LogP contribution in [0.3, 0.4) is 0 Å². The lowest BCUT2D eigenvalue weighted by molar-refractivity contribution is -0.233. The second-order valence-corrected chi connectivity index (χ2v) is 12.9. The van der Waals surface area contributed by atoms with Crippen molar-refractivity contribution in [2.75, 3.05) is 6.54 Å². The van der Waals surface area contributed by atoms with Crippen molar-refractivity contribution in [3.8, 4) is 11.5 Å². The van der Waals surface area contributed by atoms with Crippen molar-refractivity contribution >= 4 is 11.9 Å². The van der Waals surface area contributed by atoms with Gasteiger partial charge in [-0.25, -0.2) is 0 Å². The standard InChI is InChI=1S/C29H42N2O6/c1-16-8-9-22-27(2,3)23(33)10-11-29(22)28(16,4)14-18-21(32)13-17-19(24(18)37-29)15-31(25(17)34)12-6-5-7-20(30)26(35)36/h13,16,20,22-23,32-33H,5-12,14-15,30H2,1-4H3,(H,35,36)/t16-,20?,22-,23-,28+,29-/m0/s1. The van der Waals surface area contributed by atoms with Crippen molar-refractivity contribution in [3.05, 3.63) is 22.8 Å². The highest BCUT2D eigenvalue weighted by Gasteiger charge is 2.68.